The molecule has 1 saturated carbocycles. The maximum Gasteiger partial charge on any atom is 0.472 e. The Hall–Kier alpha value is -1.26. The number of carbonyl (C=O) groups is 2. The molecular weight excluding hydrogens is 882 g/mol. The molecule has 1 aliphatic rings. The van der Waals surface area contributed by atoms with Crippen molar-refractivity contribution < 1.29 is 76.9 Å². The lowest BCUT2D eigenvalue weighted by atomic mass is 9.88. The minimum atomic E-state index is -4.89. The molecule has 0 saturated heterocycles. The van der Waals surface area contributed by atoms with E-state index in [1.54, 1.807) is 6.08 Å². The fourth-order valence-corrected chi connectivity index (χ4v) is 9.22. The van der Waals surface area contributed by atoms with Gasteiger partial charge in [-0.3, -0.25) is 23.2 Å². The average Bonchev–Trinajstić information content (AvgIpc) is 3.53. The van der Waals surface area contributed by atoms with Crippen LogP contribution in [0.3, 0.4) is 0 Å². The molecule has 16 nitrogen and oxygen atoms in total. The summed E-state index contributed by atoms with van der Waals surface area (Å²) in [5, 5.41) is 41.2. The maximum absolute atomic E-state index is 12.8. The summed E-state index contributed by atoms with van der Waals surface area (Å²) in [6.45, 7) is 3.82. The van der Waals surface area contributed by atoms with Gasteiger partial charge in [-0.05, 0) is 37.5 Å². The predicted octanol–water partition coefficient (Wildman–Crippen LogP) is 9.53. The highest BCUT2D eigenvalue weighted by Crippen LogP contribution is 2.44. The van der Waals surface area contributed by atoms with Crippen molar-refractivity contribution in [1.82, 2.24) is 0 Å². The molecule has 2 unspecified atom stereocenters. The van der Waals surface area contributed by atoms with Crippen LogP contribution < -0.4 is 0 Å². The first-order valence-corrected chi connectivity index (χ1v) is 28.1. The second-order valence-electron chi connectivity index (χ2n) is 18.3. The van der Waals surface area contributed by atoms with Gasteiger partial charge in [0.1, 0.15) is 12.7 Å². The molecule has 1 rings (SSSR count). The molecule has 1 fully saturated rings. The van der Waals surface area contributed by atoms with Gasteiger partial charge in [-0.15, -0.1) is 0 Å². The number of aliphatic hydroxyl groups excluding tert-OH is 4. The van der Waals surface area contributed by atoms with Crippen LogP contribution in [0.15, 0.2) is 12.2 Å². The first-order valence-electron chi connectivity index (χ1n) is 25.0. The zero-order chi connectivity index (χ0) is 48.4. The van der Waals surface area contributed by atoms with Gasteiger partial charge in [-0.2, -0.15) is 0 Å². The molecule has 0 aromatic rings. The van der Waals surface area contributed by atoms with E-state index in [2.05, 4.69) is 25.3 Å². The van der Waals surface area contributed by atoms with Gasteiger partial charge < -0.3 is 44.6 Å². The summed E-state index contributed by atoms with van der Waals surface area (Å²) >= 11 is 0. The Balaban J connectivity index is 2.47. The highest BCUT2D eigenvalue weighted by Gasteiger charge is 2.39. The monoisotopic (exact) mass is 973 g/mol. The van der Waals surface area contributed by atoms with Gasteiger partial charge in [0, 0.05) is 25.2 Å². The van der Waals surface area contributed by atoms with Crippen LogP contribution in [-0.2, 0) is 41.8 Å². The summed E-state index contributed by atoms with van der Waals surface area (Å²) < 4.78 is 48.0. The molecule has 0 bridgehead atoms. The molecule has 384 valence electrons. The van der Waals surface area contributed by atoms with Crippen LogP contribution in [0.1, 0.15) is 201 Å². The largest absolute Gasteiger partial charge is 0.472 e. The summed E-state index contributed by atoms with van der Waals surface area (Å²) in [6.07, 6.45) is 25.4. The van der Waals surface area contributed by atoms with Gasteiger partial charge in [0.25, 0.3) is 0 Å². The van der Waals surface area contributed by atoms with Gasteiger partial charge >= 0.3 is 27.6 Å². The Bertz CT molecular complexity index is 1330. The molecule has 0 amide bonds. The summed E-state index contributed by atoms with van der Waals surface area (Å²) in [5.74, 6) is -0.670. The highest BCUT2D eigenvalue weighted by atomic mass is 31.2. The van der Waals surface area contributed by atoms with E-state index in [4.69, 9.17) is 28.3 Å². The van der Waals surface area contributed by atoms with E-state index in [0.29, 0.717) is 38.5 Å². The van der Waals surface area contributed by atoms with Crippen molar-refractivity contribution in [1.29, 1.82) is 0 Å². The third-order valence-corrected chi connectivity index (χ3v) is 13.7. The van der Waals surface area contributed by atoms with Crippen LogP contribution in [0.5, 0.6) is 0 Å². The first kappa shape index (κ1) is 61.8. The molecule has 1 aliphatic carbocycles. The zero-order valence-electron chi connectivity index (χ0n) is 40.1. The number of phosphoric acid groups is 2. The van der Waals surface area contributed by atoms with Crippen LogP contribution in [0, 0.1) is 17.8 Å². The quantitative estimate of drug-likeness (QED) is 0.0130. The van der Waals surface area contributed by atoms with Crippen molar-refractivity contribution in [2.24, 2.45) is 17.8 Å². The predicted molar refractivity (Wildman–Crippen MR) is 250 cm³/mol. The highest BCUT2D eigenvalue weighted by molar-refractivity contribution is 7.47. The van der Waals surface area contributed by atoms with Crippen LogP contribution >= 0.6 is 15.6 Å². The summed E-state index contributed by atoms with van der Waals surface area (Å²) in [5.41, 5.74) is 0. The number of aliphatic hydroxyl groups is 4. The number of esters is 2. The number of hydrogen-bond acceptors (Lipinski definition) is 13. The average molecular weight is 973 g/mol. The molecule has 0 aromatic carbocycles. The minimum absolute atomic E-state index is 0.0719. The molecule has 65 heavy (non-hydrogen) atoms. The van der Waals surface area contributed by atoms with Crippen molar-refractivity contribution in [2.45, 2.75) is 231 Å². The molecule has 0 radical (unpaired) electrons. The van der Waals surface area contributed by atoms with Crippen molar-refractivity contribution >= 4 is 27.6 Å². The Morgan fingerprint density at radius 3 is 1.71 bits per heavy atom. The number of hydrogen-bond donors (Lipinski definition) is 7. The van der Waals surface area contributed by atoms with Crippen LogP contribution in [0.2, 0.25) is 0 Å². The van der Waals surface area contributed by atoms with Gasteiger partial charge in [0.15, 0.2) is 6.10 Å². The second-order valence-corrected chi connectivity index (χ2v) is 21.0. The number of unbranched alkanes of at least 4 members (excludes halogenated alkanes) is 18. The first-order chi connectivity index (χ1) is 31.0. The molecule has 0 aliphatic heterocycles. The van der Waals surface area contributed by atoms with E-state index in [1.807, 2.05) is 6.08 Å². The summed E-state index contributed by atoms with van der Waals surface area (Å²) in [7, 11) is -9.75. The van der Waals surface area contributed by atoms with E-state index in [-0.39, 0.29) is 24.7 Å². The molecule has 9 atom stereocenters. The summed E-state index contributed by atoms with van der Waals surface area (Å²) in [6, 6.07) is 0. The number of carbonyl (C=O) groups excluding carboxylic acids is 2. The van der Waals surface area contributed by atoms with Gasteiger partial charge in [0.2, 0.25) is 0 Å². The fourth-order valence-electron chi connectivity index (χ4n) is 8.07. The molecule has 0 spiro atoms. The van der Waals surface area contributed by atoms with E-state index < -0.39 is 84.5 Å². The minimum Gasteiger partial charge on any atom is -0.462 e. The summed E-state index contributed by atoms with van der Waals surface area (Å²) in [4.78, 5) is 53.1. The van der Waals surface area contributed by atoms with Crippen molar-refractivity contribution in [3.05, 3.63) is 12.2 Å². The third-order valence-electron chi connectivity index (χ3n) is 12.3. The molecular formula is C47H90O16P2. The Morgan fingerprint density at radius 1 is 0.631 bits per heavy atom. The Morgan fingerprint density at radius 2 is 1.14 bits per heavy atom. The van der Waals surface area contributed by atoms with E-state index in [1.165, 1.54) is 70.6 Å². The molecule has 0 heterocycles. The smallest absolute Gasteiger partial charge is 0.462 e. The van der Waals surface area contributed by atoms with Gasteiger partial charge in [0.05, 0.1) is 38.1 Å². The van der Waals surface area contributed by atoms with Crippen molar-refractivity contribution in [3.63, 3.8) is 0 Å². The fraction of sp³-hybridized carbons (Fsp3) is 0.915. The van der Waals surface area contributed by atoms with Crippen molar-refractivity contribution in [2.75, 3.05) is 26.4 Å². The second kappa shape index (κ2) is 37.6. The molecule has 18 heteroatoms. The van der Waals surface area contributed by atoms with Gasteiger partial charge in [-0.25, -0.2) is 9.13 Å². The van der Waals surface area contributed by atoms with Crippen molar-refractivity contribution in [3.8, 4) is 0 Å². The van der Waals surface area contributed by atoms with Crippen LogP contribution in [-0.4, -0.2) is 104 Å². The lowest BCUT2D eigenvalue weighted by Crippen LogP contribution is -2.30. The van der Waals surface area contributed by atoms with Crippen LogP contribution in [0.4, 0.5) is 0 Å². The standard InChI is InChI=1S/C47H90O16P2/c1-4-6-21-27-39(48)31-32-43-42(44(50)33-45(43)51)28-23-19-20-24-29-46(52)59-36-41(37-62-65(57,58)61-35-40(49)34-60-64(54,55)56)63-47(53)30-25-18-16-14-12-10-8-7-9-11-13-15-17-22-26-38(3)5-2/h31-32,38-45,48-51H,4-30,33-37H2,1-3H3,(H,57,58)(H2,54,55,56)/b32-31+/t38?,39-,40-,41+,42+,43+,44-,45+/m0/s1. The van der Waals surface area contributed by atoms with E-state index in [0.717, 1.165) is 63.7 Å². The SMILES string of the molecule is CCCCC[C@H](O)/C=C/[C@@H]1[C@@H](CCCCCCC(=O)OC[C@H](COP(=O)(O)OC[C@@H](O)COP(=O)(O)O)OC(=O)CCCCCCCCCCCCCCCCC(C)CC)[C@@H](O)C[C@H]1O. The molecule has 0 aromatic heterocycles. The topological polar surface area (TPSA) is 256 Å². The lowest BCUT2D eigenvalue weighted by Gasteiger charge is -2.21. The normalized spacial score (nSPS) is 20.7. The Labute approximate surface area is 390 Å². The zero-order valence-corrected chi connectivity index (χ0v) is 41.9. The lowest BCUT2D eigenvalue weighted by molar-refractivity contribution is -0.161. The molecule has 7 N–H and O–H groups in total. The van der Waals surface area contributed by atoms with Gasteiger partial charge in [-0.1, -0.05) is 168 Å². The Kier molecular flexibility index (Phi) is 35.7. The maximum atomic E-state index is 12.8. The van der Waals surface area contributed by atoms with E-state index >= 15 is 0 Å². The number of ether oxygens (including phenoxy) is 2. The number of rotatable bonds is 43. The van der Waals surface area contributed by atoms with Crippen LogP contribution in [0.25, 0.3) is 0 Å². The third kappa shape index (κ3) is 34.6. The number of phosphoric ester groups is 2. The van der Waals surface area contributed by atoms with E-state index in [9.17, 15) is 44.0 Å².